The van der Waals surface area contributed by atoms with Crippen LogP contribution in [-0.4, -0.2) is 88.8 Å². The molecule has 6 atom stereocenters. The third-order valence-electron chi connectivity index (χ3n) is 10.6. The fraction of sp³-hybridized carbons (Fsp3) is 0.585. The summed E-state index contributed by atoms with van der Waals surface area (Å²) in [5, 5.41) is 6.11. The average Bonchev–Trinajstić information content (AvgIpc) is 3.41. The number of rotatable bonds is 14. The Bertz CT molecular complexity index is 1510. The molecule has 0 aliphatic carbocycles. The van der Waals surface area contributed by atoms with Crippen LogP contribution in [0.4, 0.5) is 0 Å². The predicted octanol–water partition coefficient (Wildman–Crippen LogP) is 5.14. The smallest absolute Gasteiger partial charge is 0.328 e. The molecule has 52 heavy (non-hydrogen) atoms. The van der Waals surface area contributed by atoms with E-state index in [0.717, 1.165) is 36.8 Å². The van der Waals surface area contributed by atoms with Crippen molar-refractivity contribution in [3.8, 4) is 0 Å². The molecule has 11 heteroatoms. The van der Waals surface area contributed by atoms with Gasteiger partial charge in [0.05, 0.1) is 12.5 Å². The van der Waals surface area contributed by atoms with Gasteiger partial charge in [0.15, 0.2) is 0 Å². The highest BCUT2D eigenvalue weighted by molar-refractivity contribution is 7.99. The molecule has 3 heterocycles. The lowest BCUT2D eigenvalue weighted by molar-refractivity contribution is -0.156. The molecule has 0 bridgehead atoms. The normalized spacial score (nSPS) is 23.5. The fourth-order valence-electron chi connectivity index (χ4n) is 7.84. The maximum absolute atomic E-state index is 14.2. The highest BCUT2D eigenvalue weighted by atomic mass is 32.2. The molecule has 2 aromatic carbocycles. The Morgan fingerprint density at radius 3 is 1.90 bits per heavy atom. The zero-order valence-corrected chi connectivity index (χ0v) is 31.8. The number of thioether (sulfide) groups is 1. The number of nitrogens with one attached hydrogen (secondary N) is 2. The third kappa shape index (κ3) is 10.6. The van der Waals surface area contributed by atoms with Crippen molar-refractivity contribution in [1.82, 2.24) is 20.4 Å². The van der Waals surface area contributed by atoms with Gasteiger partial charge in [0.2, 0.25) is 23.6 Å². The lowest BCUT2D eigenvalue weighted by Gasteiger charge is -2.40. The SMILES string of the molecule is COC(=O)C1CCCC2SCCC(NC(=O)C(CCC(Cc3ccccc3)C(=O)NC3CCCCN(CC(C)C)C3=O)Cc3ccccc3)C(=O)N21. The summed E-state index contributed by atoms with van der Waals surface area (Å²) < 4.78 is 5.06. The summed E-state index contributed by atoms with van der Waals surface area (Å²) in [5.74, 6) is -1.04. The van der Waals surface area contributed by atoms with E-state index in [9.17, 15) is 24.0 Å². The van der Waals surface area contributed by atoms with Crippen molar-refractivity contribution in [3.63, 3.8) is 0 Å². The first kappa shape index (κ1) is 39.3. The van der Waals surface area contributed by atoms with Gasteiger partial charge in [-0.3, -0.25) is 19.2 Å². The van der Waals surface area contributed by atoms with E-state index in [0.29, 0.717) is 69.7 Å². The van der Waals surface area contributed by atoms with Crippen LogP contribution in [0.2, 0.25) is 0 Å². The van der Waals surface area contributed by atoms with Gasteiger partial charge in [0, 0.05) is 24.9 Å². The molecular weight excluding hydrogens is 677 g/mol. The van der Waals surface area contributed by atoms with Gasteiger partial charge in [-0.1, -0.05) is 74.5 Å². The van der Waals surface area contributed by atoms with Crippen molar-refractivity contribution in [2.75, 3.05) is 26.0 Å². The van der Waals surface area contributed by atoms with Crippen LogP contribution in [0.3, 0.4) is 0 Å². The van der Waals surface area contributed by atoms with E-state index < -0.39 is 35.9 Å². The van der Waals surface area contributed by atoms with Crippen LogP contribution in [0.15, 0.2) is 60.7 Å². The Balaban J connectivity index is 1.34. The third-order valence-corrected chi connectivity index (χ3v) is 11.9. The van der Waals surface area contributed by atoms with Crippen LogP contribution in [-0.2, 0) is 41.6 Å². The number of nitrogens with zero attached hydrogens (tertiary/aromatic N) is 2. The van der Waals surface area contributed by atoms with E-state index in [1.54, 1.807) is 16.7 Å². The monoisotopic (exact) mass is 732 g/mol. The van der Waals surface area contributed by atoms with Crippen molar-refractivity contribution in [2.45, 2.75) is 108 Å². The minimum atomic E-state index is -0.757. The van der Waals surface area contributed by atoms with E-state index in [1.165, 1.54) is 7.11 Å². The number of piperidine rings is 1. The number of amides is 4. The topological polar surface area (TPSA) is 125 Å². The van der Waals surface area contributed by atoms with Crippen LogP contribution in [0.5, 0.6) is 0 Å². The van der Waals surface area contributed by atoms with Crippen LogP contribution < -0.4 is 10.6 Å². The molecule has 2 N–H and O–H groups in total. The average molecular weight is 733 g/mol. The van der Waals surface area contributed by atoms with Crippen molar-refractivity contribution in [1.29, 1.82) is 0 Å². The molecule has 0 aromatic heterocycles. The molecule has 2 aromatic rings. The van der Waals surface area contributed by atoms with Gasteiger partial charge >= 0.3 is 5.97 Å². The lowest BCUT2D eigenvalue weighted by atomic mass is 9.86. The van der Waals surface area contributed by atoms with E-state index in [2.05, 4.69) is 24.5 Å². The van der Waals surface area contributed by atoms with Crippen molar-refractivity contribution < 1.29 is 28.7 Å². The Labute approximate surface area is 313 Å². The Morgan fingerprint density at radius 1 is 0.769 bits per heavy atom. The summed E-state index contributed by atoms with van der Waals surface area (Å²) in [5.41, 5.74) is 2.00. The molecular formula is C41H56N4O6S. The van der Waals surface area contributed by atoms with E-state index in [4.69, 9.17) is 4.74 Å². The van der Waals surface area contributed by atoms with Gasteiger partial charge < -0.3 is 25.2 Å². The number of hydrogen-bond donors (Lipinski definition) is 2. The van der Waals surface area contributed by atoms with Crippen LogP contribution in [0.1, 0.15) is 82.8 Å². The molecule has 0 radical (unpaired) electrons. The standard InChI is InChI=1S/C41H56N4O6S/c1-28(2)27-44-23-11-10-17-33(39(44)48)42-37(46)31(25-29-13-6-4-7-14-29)20-21-32(26-30-15-8-5-9-16-30)38(47)43-34-22-24-52-36-19-12-18-35(41(50)51-3)45(36)40(34)49/h4-9,13-16,28,31-36H,10-12,17-27H2,1-3H3,(H,42,46)(H,43,47). The van der Waals surface area contributed by atoms with Crippen LogP contribution >= 0.6 is 11.8 Å². The molecule has 10 nitrogen and oxygen atoms in total. The molecule has 3 saturated heterocycles. The van der Waals surface area contributed by atoms with Gasteiger partial charge in [-0.15, -0.1) is 11.8 Å². The zero-order chi connectivity index (χ0) is 37.0. The largest absolute Gasteiger partial charge is 0.467 e. The number of carbonyl (C=O) groups is 5. The minimum Gasteiger partial charge on any atom is -0.467 e. The first-order valence-corrected chi connectivity index (χ1v) is 20.2. The Morgan fingerprint density at radius 2 is 1.35 bits per heavy atom. The maximum atomic E-state index is 14.2. The number of likely N-dealkylation sites (tertiary alicyclic amines) is 1. The minimum absolute atomic E-state index is 0.0176. The van der Waals surface area contributed by atoms with E-state index in [1.807, 2.05) is 65.6 Å². The van der Waals surface area contributed by atoms with Crippen molar-refractivity contribution in [2.24, 2.45) is 17.8 Å². The second-order valence-corrected chi connectivity index (χ2v) is 16.3. The first-order valence-electron chi connectivity index (χ1n) is 19.1. The molecule has 3 fully saturated rings. The van der Waals surface area contributed by atoms with Gasteiger partial charge in [0.1, 0.15) is 18.1 Å². The lowest BCUT2D eigenvalue weighted by Crippen LogP contribution is -2.57. The Hall–Kier alpha value is -3.86. The van der Waals surface area contributed by atoms with Gasteiger partial charge in [-0.2, -0.15) is 0 Å². The predicted molar refractivity (Wildman–Crippen MR) is 203 cm³/mol. The van der Waals surface area contributed by atoms with Gasteiger partial charge in [-0.25, -0.2) is 4.79 Å². The number of methoxy groups -OCH3 is 1. The Kier molecular flexibility index (Phi) is 14.6. The number of hydrogen-bond acceptors (Lipinski definition) is 7. The molecule has 5 rings (SSSR count). The number of benzene rings is 2. The summed E-state index contributed by atoms with van der Waals surface area (Å²) in [6, 6.07) is 17.7. The number of ether oxygens (including phenoxy) is 1. The molecule has 6 unspecified atom stereocenters. The molecule has 282 valence electrons. The summed E-state index contributed by atoms with van der Waals surface area (Å²) in [7, 11) is 1.34. The summed E-state index contributed by atoms with van der Waals surface area (Å²) in [6.07, 6.45) is 6.80. The first-order chi connectivity index (χ1) is 25.1. The quantitative estimate of drug-likeness (QED) is 0.258. The molecule has 0 spiro atoms. The highest BCUT2D eigenvalue weighted by Crippen LogP contribution is 2.35. The molecule has 4 amide bonds. The van der Waals surface area contributed by atoms with E-state index in [-0.39, 0.29) is 29.0 Å². The second kappa shape index (κ2) is 19.3. The summed E-state index contributed by atoms with van der Waals surface area (Å²) >= 11 is 1.66. The number of carbonyl (C=O) groups excluding carboxylic acids is 5. The highest BCUT2D eigenvalue weighted by Gasteiger charge is 2.44. The second-order valence-electron chi connectivity index (χ2n) is 15.0. The number of fused-ring (bicyclic) bond motifs is 1. The summed E-state index contributed by atoms with van der Waals surface area (Å²) in [4.78, 5) is 72.2. The summed E-state index contributed by atoms with van der Waals surface area (Å²) in [6.45, 7) is 5.56. The van der Waals surface area contributed by atoms with Crippen molar-refractivity contribution >= 4 is 41.4 Å². The van der Waals surface area contributed by atoms with Gasteiger partial charge in [0.25, 0.3) is 0 Å². The molecule has 3 aliphatic rings. The molecule has 0 saturated carbocycles. The van der Waals surface area contributed by atoms with Gasteiger partial charge in [-0.05, 0) is 93.4 Å². The van der Waals surface area contributed by atoms with Crippen LogP contribution in [0.25, 0.3) is 0 Å². The zero-order valence-electron chi connectivity index (χ0n) is 31.0. The van der Waals surface area contributed by atoms with E-state index >= 15 is 0 Å². The number of esters is 1. The maximum Gasteiger partial charge on any atom is 0.328 e. The van der Waals surface area contributed by atoms with Crippen LogP contribution in [0, 0.1) is 17.8 Å². The van der Waals surface area contributed by atoms with Crippen molar-refractivity contribution in [3.05, 3.63) is 71.8 Å². The molecule has 3 aliphatic heterocycles. The fourth-order valence-corrected chi connectivity index (χ4v) is 9.23.